The van der Waals surface area contributed by atoms with Crippen LogP contribution >= 0.6 is 0 Å². The van der Waals surface area contributed by atoms with Gasteiger partial charge in [0.15, 0.2) is 5.82 Å². The summed E-state index contributed by atoms with van der Waals surface area (Å²) < 4.78 is 1.56. The lowest BCUT2D eigenvalue weighted by molar-refractivity contribution is 0.0951. The van der Waals surface area contributed by atoms with Gasteiger partial charge >= 0.3 is 0 Å². The fourth-order valence-electron chi connectivity index (χ4n) is 2.63. The van der Waals surface area contributed by atoms with Crippen LogP contribution in [0.25, 0.3) is 5.69 Å². The molecule has 2 N–H and O–H groups in total. The van der Waals surface area contributed by atoms with E-state index in [2.05, 4.69) is 15.6 Å². The molecule has 1 heterocycles. The molecular weight excluding hydrogens is 304 g/mol. The highest BCUT2D eigenvalue weighted by molar-refractivity contribution is 5.95. The molecule has 2 saturated carbocycles. The molecule has 6 nitrogen and oxygen atoms in total. The molecule has 2 aliphatic carbocycles. The molecule has 0 spiro atoms. The number of carbonyl (C=O) groups excluding carboxylic acids is 1. The Morgan fingerprint density at radius 3 is 2.67 bits per heavy atom. The highest BCUT2D eigenvalue weighted by Crippen LogP contribution is 2.23. The molecule has 2 fully saturated rings. The number of rotatable bonds is 5. The van der Waals surface area contributed by atoms with Gasteiger partial charge in [0.1, 0.15) is 0 Å². The first-order valence-corrected chi connectivity index (χ1v) is 8.38. The van der Waals surface area contributed by atoms with E-state index in [4.69, 9.17) is 0 Å². The molecule has 6 heteroatoms. The highest BCUT2D eigenvalue weighted by atomic mass is 16.2. The zero-order valence-electron chi connectivity index (χ0n) is 13.6. The molecule has 0 radical (unpaired) electrons. The van der Waals surface area contributed by atoms with Gasteiger partial charge in [0.05, 0.1) is 5.69 Å². The number of carbonyl (C=O) groups is 1. The summed E-state index contributed by atoms with van der Waals surface area (Å²) in [5.41, 5.74) is 2.03. The highest BCUT2D eigenvalue weighted by Gasteiger charge is 2.25. The minimum atomic E-state index is -0.188. The molecule has 2 aromatic rings. The van der Waals surface area contributed by atoms with Crippen molar-refractivity contribution in [2.45, 2.75) is 44.7 Å². The van der Waals surface area contributed by atoms with E-state index in [1.165, 1.54) is 0 Å². The molecule has 24 heavy (non-hydrogen) atoms. The third kappa shape index (κ3) is 3.04. The Kier molecular flexibility index (Phi) is 3.59. The fourth-order valence-corrected chi connectivity index (χ4v) is 2.63. The summed E-state index contributed by atoms with van der Waals surface area (Å²) in [6, 6.07) is 6.11. The van der Waals surface area contributed by atoms with Crippen molar-refractivity contribution >= 4 is 11.7 Å². The molecule has 0 unspecified atom stereocenters. The van der Waals surface area contributed by atoms with Gasteiger partial charge in [-0.15, -0.1) is 0 Å². The van der Waals surface area contributed by atoms with E-state index in [1.807, 2.05) is 13.0 Å². The number of amides is 1. The first kappa shape index (κ1) is 14.9. The number of anilines is 1. The van der Waals surface area contributed by atoms with Gasteiger partial charge in [-0.3, -0.25) is 14.2 Å². The maximum atomic E-state index is 12.7. The quantitative estimate of drug-likeness (QED) is 0.882. The van der Waals surface area contributed by atoms with Gasteiger partial charge in [-0.1, -0.05) is 6.07 Å². The van der Waals surface area contributed by atoms with Crippen molar-refractivity contribution in [3.8, 4) is 5.69 Å². The fraction of sp³-hybridized carbons (Fsp3) is 0.389. The average Bonchev–Trinajstić information content (AvgIpc) is 3.46. The Labute approximate surface area is 139 Å². The minimum absolute atomic E-state index is 0.0859. The van der Waals surface area contributed by atoms with Crippen LogP contribution in [0.2, 0.25) is 0 Å². The van der Waals surface area contributed by atoms with Gasteiger partial charge in [-0.25, -0.2) is 4.98 Å². The van der Waals surface area contributed by atoms with Gasteiger partial charge in [0, 0.05) is 30.0 Å². The second kappa shape index (κ2) is 5.78. The van der Waals surface area contributed by atoms with Crippen LogP contribution in [-0.4, -0.2) is 27.5 Å². The molecule has 0 atom stereocenters. The number of hydrogen-bond acceptors (Lipinski definition) is 4. The molecule has 0 bridgehead atoms. The normalized spacial score (nSPS) is 16.7. The SMILES string of the molecule is Cc1ccc(C(=O)NC2CC2)cc1-n1ccnc(NC2CC2)c1=O. The van der Waals surface area contributed by atoms with Crippen LogP contribution in [-0.2, 0) is 0 Å². The summed E-state index contributed by atoms with van der Waals surface area (Å²) in [6.07, 6.45) is 7.50. The lowest BCUT2D eigenvalue weighted by Gasteiger charge is -2.13. The molecule has 1 aromatic carbocycles. The van der Waals surface area contributed by atoms with Crippen LogP contribution in [0.15, 0.2) is 35.4 Å². The van der Waals surface area contributed by atoms with Crippen LogP contribution in [0.1, 0.15) is 41.6 Å². The lowest BCUT2D eigenvalue weighted by Crippen LogP contribution is -2.27. The molecule has 1 aromatic heterocycles. The predicted molar refractivity (Wildman–Crippen MR) is 91.7 cm³/mol. The number of aryl methyl sites for hydroxylation is 1. The monoisotopic (exact) mass is 324 g/mol. The molecule has 2 aliphatic rings. The first-order valence-electron chi connectivity index (χ1n) is 8.38. The van der Waals surface area contributed by atoms with Gasteiger partial charge in [-0.05, 0) is 50.3 Å². The molecular formula is C18H20N4O2. The Balaban J connectivity index is 1.69. The molecule has 0 saturated heterocycles. The maximum absolute atomic E-state index is 12.7. The Morgan fingerprint density at radius 2 is 1.96 bits per heavy atom. The molecule has 4 rings (SSSR count). The number of nitrogens with one attached hydrogen (secondary N) is 2. The Bertz CT molecular complexity index is 850. The minimum Gasteiger partial charge on any atom is -0.363 e. The first-order chi connectivity index (χ1) is 11.6. The molecule has 1 amide bonds. The third-order valence-electron chi connectivity index (χ3n) is 4.40. The van der Waals surface area contributed by atoms with Crippen molar-refractivity contribution in [1.82, 2.24) is 14.9 Å². The second-order valence-corrected chi connectivity index (χ2v) is 6.62. The lowest BCUT2D eigenvalue weighted by atomic mass is 10.1. The van der Waals surface area contributed by atoms with Crippen LogP contribution in [0.5, 0.6) is 0 Å². The largest absolute Gasteiger partial charge is 0.363 e. The van der Waals surface area contributed by atoms with Gasteiger partial charge in [-0.2, -0.15) is 0 Å². The summed E-state index contributed by atoms with van der Waals surface area (Å²) in [4.78, 5) is 29.1. The Hall–Kier alpha value is -2.63. The van der Waals surface area contributed by atoms with E-state index in [1.54, 1.807) is 29.1 Å². The molecule has 124 valence electrons. The van der Waals surface area contributed by atoms with Crippen LogP contribution in [0.4, 0.5) is 5.82 Å². The Morgan fingerprint density at radius 1 is 1.21 bits per heavy atom. The third-order valence-corrected chi connectivity index (χ3v) is 4.40. The zero-order chi connectivity index (χ0) is 16.7. The van der Waals surface area contributed by atoms with Crippen molar-refractivity contribution < 1.29 is 4.79 Å². The van der Waals surface area contributed by atoms with Crippen molar-refractivity contribution in [3.63, 3.8) is 0 Å². The topological polar surface area (TPSA) is 76.0 Å². The van der Waals surface area contributed by atoms with Crippen molar-refractivity contribution in [2.75, 3.05) is 5.32 Å². The average molecular weight is 324 g/mol. The smallest absolute Gasteiger partial charge is 0.297 e. The van der Waals surface area contributed by atoms with Gasteiger partial charge in [0.25, 0.3) is 11.5 Å². The van der Waals surface area contributed by atoms with Crippen LogP contribution in [0.3, 0.4) is 0 Å². The number of hydrogen-bond donors (Lipinski definition) is 2. The van der Waals surface area contributed by atoms with E-state index < -0.39 is 0 Å². The summed E-state index contributed by atoms with van der Waals surface area (Å²) in [5, 5.41) is 6.14. The van der Waals surface area contributed by atoms with E-state index in [0.717, 1.165) is 31.2 Å². The standard InChI is InChI=1S/C18H20N4O2/c1-11-2-3-12(17(23)21-14-6-7-14)10-15(11)22-9-8-19-16(18(22)24)20-13-4-5-13/h2-3,8-10,13-14H,4-7H2,1H3,(H,19,20)(H,21,23). The van der Waals surface area contributed by atoms with Crippen molar-refractivity contribution in [1.29, 1.82) is 0 Å². The summed E-state index contributed by atoms with van der Waals surface area (Å²) >= 11 is 0. The van der Waals surface area contributed by atoms with Crippen LogP contribution in [0, 0.1) is 6.92 Å². The maximum Gasteiger partial charge on any atom is 0.297 e. The summed E-state index contributed by atoms with van der Waals surface area (Å²) in [5.74, 6) is 0.282. The number of aromatic nitrogens is 2. The second-order valence-electron chi connectivity index (χ2n) is 6.62. The van der Waals surface area contributed by atoms with E-state index in [9.17, 15) is 9.59 Å². The van der Waals surface area contributed by atoms with E-state index in [0.29, 0.717) is 29.2 Å². The van der Waals surface area contributed by atoms with Crippen molar-refractivity contribution in [2.24, 2.45) is 0 Å². The zero-order valence-corrected chi connectivity index (χ0v) is 13.6. The number of benzene rings is 1. The predicted octanol–water partition coefficient (Wildman–Crippen LogP) is 2.01. The van der Waals surface area contributed by atoms with Crippen LogP contribution < -0.4 is 16.2 Å². The molecule has 0 aliphatic heterocycles. The van der Waals surface area contributed by atoms with E-state index in [-0.39, 0.29) is 11.5 Å². The van der Waals surface area contributed by atoms with E-state index >= 15 is 0 Å². The van der Waals surface area contributed by atoms with Crippen molar-refractivity contribution in [3.05, 3.63) is 52.1 Å². The van der Waals surface area contributed by atoms with Gasteiger partial charge in [0.2, 0.25) is 0 Å². The summed E-state index contributed by atoms with van der Waals surface area (Å²) in [7, 11) is 0. The summed E-state index contributed by atoms with van der Waals surface area (Å²) in [6.45, 7) is 1.93. The van der Waals surface area contributed by atoms with Gasteiger partial charge < -0.3 is 10.6 Å². The number of nitrogens with zero attached hydrogens (tertiary/aromatic N) is 2.